The number of nitrogens with zero attached hydrogens (tertiary/aromatic N) is 3. The number of nitrogens with one attached hydrogen (secondary N) is 2. The van der Waals surface area contributed by atoms with E-state index in [9.17, 15) is 4.79 Å². The monoisotopic (exact) mass is 413 g/mol. The van der Waals surface area contributed by atoms with Crippen molar-refractivity contribution in [2.45, 2.75) is 13.8 Å². The zero-order chi connectivity index (χ0) is 20.0. The number of anilines is 2. The Morgan fingerprint density at radius 3 is 2.46 bits per heavy atom. The molecule has 0 radical (unpaired) electrons. The summed E-state index contributed by atoms with van der Waals surface area (Å²) < 4.78 is 1.80. The van der Waals surface area contributed by atoms with Crippen molar-refractivity contribution in [3.8, 4) is 0 Å². The SMILES string of the molecule is CC(C)=Cc1nc2ccc3nc(Nc4c(Cl)cccc4Cl)n(C)c3c2c(=O)[nH]1. The first-order valence-electron chi connectivity index (χ1n) is 8.60. The Kier molecular flexibility index (Phi) is 4.61. The van der Waals surface area contributed by atoms with E-state index >= 15 is 0 Å². The summed E-state index contributed by atoms with van der Waals surface area (Å²) in [5.74, 6) is 1.05. The number of rotatable bonds is 3. The molecule has 0 saturated carbocycles. The average molecular weight is 414 g/mol. The molecule has 0 spiro atoms. The van der Waals surface area contributed by atoms with Gasteiger partial charge in [-0.05, 0) is 44.2 Å². The second-order valence-corrected chi connectivity index (χ2v) is 7.53. The Labute approximate surface area is 170 Å². The number of aromatic nitrogens is 4. The Hall–Kier alpha value is -2.83. The van der Waals surface area contributed by atoms with Gasteiger partial charge in [-0.1, -0.05) is 34.8 Å². The van der Waals surface area contributed by atoms with Gasteiger partial charge in [0.15, 0.2) is 0 Å². The van der Waals surface area contributed by atoms with Crippen molar-refractivity contribution in [3.63, 3.8) is 0 Å². The molecule has 142 valence electrons. The predicted molar refractivity (Wildman–Crippen MR) is 116 cm³/mol. The lowest BCUT2D eigenvalue weighted by Crippen LogP contribution is -2.11. The molecule has 4 rings (SSSR count). The lowest BCUT2D eigenvalue weighted by Gasteiger charge is -2.10. The molecule has 8 heteroatoms. The van der Waals surface area contributed by atoms with Crippen molar-refractivity contribution in [2.75, 3.05) is 5.32 Å². The van der Waals surface area contributed by atoms with Crippen LogP contribution in [0.15, 0.2) is 40.7 Å². The van der Waals surface area contributed by atoms with Gasteiger partial charge in [-0.2, -0.15) is 0 Å². The quantitative estimate of drug-likeness (QED) is 0.478. The Morgan fingerprint density at radius 2 is 1.79 bits per heavy atom. The van der Waals surface area contributed by atoms with Crippen molar-refractivity contribution in [3.05, 3.63) is 62.1 Å². The van der Waals surface area contributed by atoms with Gasteiger partial charge in [-0.25, -0.2) is 9.97 Å². The third-order valence-electron chi connectivity index (χ3n) is 4.35. The Bertz CT molecular complexity index is 1300. The van der Waals surface area contributed by atoms with E-state index in [1.807, 2.05) is 33.0 Å². The highest BCUT2D eigenvalue weighted by molar-refractivity contribution is 6.39. The third kappa shape index (κ3) is 3.15. The van der Waals surface area contributed by atoms with Crippen LogP contribution in [0.4, 0.5) is 11.6 Å². The number of halogens is 2. The van der Waals surface area contributed by atoms with Gasteiger partial charge in [-0.3, -0.25) is 4.79 Å². The first-order chi connectivity index (χ1) is 13.3. The maximum absolute atomic E-state index is 12.8. The molecule has 6 nitrogen and oxygen atoms in total. The van der Waals surface area contributed by atoms with Crippen LogP contribution in [-0.2, 0) is 7.05 Å². The number of hydrogen-bond acceptors (Lipinski definition) is 4. The number of benzene rings is 2. The summed E-state index contributed by atoms with van der Waals surface area (Å²) in [5.41, 5.74) is 3.35. The molecule has 0 bridgehead atoms. The van der Waals surface area contributed by atoms with Crippen molar-refractivity contribution in [1.29, 1.82) is 0 Å². The minimum absolute atomic E-state index is 0.214. The molecular formula is C20H17Cl2N5O. The molecular weight excluding hydrogens is 397 g/mol. The molecule has 0 saturated heterocycles. The number of hydrogen-bond donors (Lipinski definition) is 2. The largest absolute Gasteiger partial charge is 0.323 e. The molecule has 4 aromatic rings. The van der Waals surface area contributed by atoms with Gasteiger partial charge in [0.05, 0.1) is 37.7 Å². The summed E-state index contributed by atoms with van der Waals surface area (Å²) in [6.45, 7) is 3.90. The molecule has 2 heterocycles. The highest BCUT2D eigenvalue weighted by atomic mass is 35.5. The van der Waals surface area contributed by atoms with Gasteiger partial charge in [-0.15, -0.1) is 0 Å². The standard InChI is InChI=1S/C20H17Cl2N5O/c1-10(2)9-15-23-13-7-8-14-18(16(13)19(28)25-15)27(3)20(24-14)26-17-11(21)5-4-6-12(17)22/h4-9H,1-3H3,(H,24,26)(H,23,25,28). The lowest BCUT2D eigenvalue weighted by atomic mass is 10.2. The van der Waals surface area contributed by atoms with E-state index in [1.54, 1.807) is 28.8 Å². The van der Waals surface area contributed by atoms with Crippen LogP contribution in [0.25, 0.3) is 28.0 Å². The smallest absolute Gasteiger partial charge is 0.261 e. The molecule has 0 unspecified atom stereocenters. The number of aryl methyl sites for hydroxylation is 1. The lowest BCUT2D eigenvalue weighted by molar-refractivity contribution is 0.960. The van der Waals surface area contributed by atoms with Crippen LogP contribution >= 0.6 is 23.2 Å². The summed E-state index contributed by atoms with van der Waals surface area (Å²) in [7, 11) is 1.82. The summed E-state index contributed by atoms with van der Waals surface area (Å²) in [6, 6.07) is 8.90. The molecule has 0 atom stereocenters. The maximum atomic E-state index is 12.8. The highest BCUT2D eigenvalue weighted by Gasteiger charge is 2.16. The van der Waals surface area contributed by atoms with Gasteiger partial charge < -0.3 is 14.9 Å². The zero-order valence-electron chi connectivity index (χ0n) is 15.5. The fourth-order valence-corrected chi connectivity index (χ4v) is 3.62. The minimum atomic E-state index is -0.214. The van der Waals surface area contributed by atoms with Crippen LogP contribution in [0.5, 0.6) is 0 Å². The van der Waals surface area contributed by atoms with E-state index < -0.39 is 0 Å². The van der Waals surface area contributed by atoms with Gasteiger partial charge in [0.25, 0.3) is 5.56 Å². The molecule has 2 aromatic carbocycles. The van der Waals surface area contributed by atoms with E-state index in [2.05, 4.69) is 20.3 Å². The molecule has 0 fully saturated rings. The Balaban J connectivity index is 1.93. The average Bonchev–Trinajstić information content (AvgIpc) is 2.93. The molecule has 0 aliphatic rings. The molecule has 2 N–H and O–H groups in total. The van der Waals surface area contributed by atoms with Gasteiger partial charge in [0.2, 0.25) is 5.95 Å². The fraction of sp³-hybridized carbons (Fsp3) is 0.150. The summed E-state index contributed by atoms with van der Waals surface area (Å²) in [6.07, 6.45) is 1.83. The molecule has 2 aromatic heterocycles. The predicted octanol–water partition coefficient (Wildman–Crippen LogP) is 5.28. The van der Waals surface area contributed by atoms with Crippen LogP contribution in [0.3, 0.4) is 0 Å². The van der Waals surface area contributed by atoms with Crippen LogP contribution in [0.2, 0.25) is 10.0 Å². The van der Waals surface area contributed by atoms with Crippen molar-refractivity contribution in [1.82, 2.24) is 19.5 Å². The minimum Gasteiger partial charge on any atom is -0.323 e. The number of aromatic amines is 1. The summed E-state index contributed by atoms with van der Waals surface area (Å²) >= 11 is 12.5. The van der Waals surface area contributed by atoms with E-state index in [0.29, 0.717) is 49.4 Å². The van der Waals surface area contributed by atoms with E-state index in [-0.39, 0.29) is 5.56 Å². The first-order valence-corrected chi connectivity index (χ1v) is 9.36. The summed E-state index contributed by atoms with van der Waals surface area (Å²) in [5, 5.41) is 4.61. The second kappa shape index (κ2) is 6.96. The maximum Gasteiger partial charge on any atom is 0.261 e. The molecule has 28 heavy (non-hydrogen) atoms. The van der Waals surface area contributed by atoms with Gasteiger partial charge >= 0.3 is 0 Å². The van der Waals surface area contributed by atoms with Gasteiger partial charge in [0, 0.05) is 7.05 Å². The van der Waals surface area contributed by atoms with Crippen molar-refractivity contribution < 1.29 is 0 Å². The van der Waals surface area contributed by atoms with Gasteiger partial charge in [0.1, 0.15) is 5.82 Å². The number of para-hydroxylation sites is 1. The second-order valence-electron chi connectivity index (χ2n) is 6.72. The van der Waals surface area contributed by atoms with Crippen LogP contribution in [0.1, 0.15) is 19.7 Å². The number of imidazole rings is 1. The summed E-state index contributed by atoms with van der Waals surface area (Å²) in [4.78, 5) is 24.8. The van der Waals surface area contributed by atoms with Crippen LogP contribution in [-0.4, -0.2) is 19.5 Å². The first kappa shape index (κ1) is 18.5. The third-order valence-corrected chi connectivity index (χ3v) is 4.98. The van der Waals surface area contributed by atoms with E-state index in [1.165, 1.54) is 0 Å². The number of H-pyrrole nitrogens is 1. The van der Waals surface area contributed by atoms with E-state index in [0.717, 1.165) is 5.57 Å². The fourth-order valence-electron chi connectivity index (χ4n) is 3.13. The Morgan fingerprint density at radius 1 is 1.11 bits per heavy atom. The number of fused-ring (bicyclic) bond motifs is 3. The zero-order valence-corrected chi connectivity index (χ0v) is 17.0. The molecule has 0 aliphatic carbocycles. The molecule has 0 aliphatic heterocycles. The molecule has 0 amide bonds. The number of allylic oxidation sites excluding steroid dienone is 1. The van der Waals surface area contributed by atoms with Crippen molar-refractivity contribution in [2.24, 2.45) is 7.05 Å². The topological polar surface area (TPSA) is 75.6 Å². The van der Waals surface area contributed by atoms with Crippen LogP contribution in [0, 0.1) is 0 Å². The van der Waals surface area contributed by atoms with Crippen LogP contribution < -0.4 is 10.9 Å². The highest BCUT2D eigenvalue weighted by Crippen LogP contribution is 2.33. The van der Waals surface area contributed by atoms with E-state index in [4.69, 9.17) is 23.2 Å². The van der Waals surface area contributed by atoms with Crippen molar-refractivity contribution >= 4 is 62.8 Å². The normalized spacial score (nSPS) is 11.2.